The largest absolute Gasteiger partial charge is 0.349 e. The number of urea groups is 1. The number of nitrogens with zero attached hydrogens (tertiary/aromatic N) is 2. The molecule has 4 amide bonds. The van der Waals surface area contributed by atoms with E-state index in [2.05, 4.69) is 16.0 Å². The van der Waals surface area contributed by atoms with Crippen molar-refractivity contribution in [1.82, 2.24) is 25.8 Å². The number of amides is 4. The molecule has 9 nitrogen and oxygen atoms in total. The molecule has 0 saturated carbocycles. The molecule has 1 aromatic rings. The van der Waals surface area contributed by atoms with Crippen LogP contribution >= 0.6 is 0 Å². The zero-order valence-electron chi connectivity index (χ0n) is 21.5. The molecule has 1 fully saturated rings. The molecule has 0 bridgehead atoms. The quantitative estimate of drug-likeness (QED) is 0.306. The maximum atomic E-state index is 13.2. The van der Waals surface area contributed by atoms with Gasteiger partial charge in [0.25, 0.3) is 5.91 Å². The van der Waals surface area contributed by atoms with Crippen LogP contribution in [0.4, 0.5) is 4.79 Å². The first-order valence-electron chi connectivity index (χ1n) is 12.6. The topological polar surface area (TPSA) is 111 Å². The maximum Gasteiger partial charge on any atom is 0.318 e. The molecular weight excluding hydrogens is 446 g/mol. The van der Waals surface area contributed by atoms with Crippen molar-refractivity contribution in [1.29, 1.82) is 0 Å². The van der Waals surface area contributed by atoms with Crippen LogP contribution in [0.3, 0.4) is 0 Å². The van der Waals surface area contributed by atoms with Gasteiger partial charge >= 0.3 is 6.03 Å². The number of hydrogen-bond acceptors (Lipinski definition) is 5. The molecule has 1 saturated heterocycles. The van der Waals surface area contributed by atoms with Crippen LogP contribution < -0.4 is 16.0 Å². The van der Waals surface area contributed by atoms with Gasteiger partial charge in [0.2, 0.25) is 11.7 Å². The lowest BCUT2D eigenvalue weighted by Crippen LogP contribution is -2.58. The number of piperidine rings is 1. The average Bonchev–Trinajstić information content (AvgIpc) is 2.84. The zero-order valence-corrected chi connectivity index (χ0v) is 21.5. The summed E-state index contributed by atoms with van der Waals surface area (Å²) in [4.78, 5) is 55.3. The number of carbonyl (C=O) groups excluding carboxylic acids is 4. The molecule has 0 radical (unpaired) electrons. The normalized spacial score (nSPS) is 15.4. The lowest BCUT2D eigenvalue weighted by atomic mass is 9.99. The molecule has 194 valence electrons. The maximum absolute atomic E-state index is 13.2. The van der Waals surface area contributed by atoms with E-state index in [1.54, 1.807) is 4.90 Å². The molecule has 2 rings (SSSR count). The standard InChI is InChI=1S/C26H41N5O4/c1-19(2)22(29-26(35)31-16-9-6-10-17-31)24(33)28-21(18-20-12-7-5-8-13-20)23(32)25(34)27-14-11-15-30(3)4/h5,7-8,12-13,19,21-22H,6,9-11,14-18H2,1-4H3,(H,27,34)(H,28,33)(H,29,35)/t21-,22-/m0/s1. The van der Waals surface area contributed by atoms with E-state index >= 15 is 0 Å². The smallest absolute Gasteiger partial charge is 0.318 e. The van der Waals surface area contributed by atoms with E-state index in [0.717, 1.165) is 31.4 Å². The average molecular weight is 488 g/mol. The van der Waals surface area contributed by atoms with E-state index < -0.39 is 29.7 Å². The molecular formula is C26H41N5O4. The number of hydrogen-bond donors (Lipinski definition) is 3. The highest BCUT2D eigenvalue weighted by Crippen LogP contribution is 2.11. The van der Waals surface area contributed by atoms with Crippen LogP contribution in [-0.2, 0) is 20.8 Å². The highest BCUT2D eigenvalue weighted by Gasteiger charge is 2.32. The lowest BCUT2D eigenvalue weighted by Gasteiger charge is -2.30. The second kappa shape index (κ2) is 14.5. The van der Waals surface area contributed by atoms with Crippen LogP contribution in [0.1, 0.15) is 45.1 Å². The van der Waals surface area contributed by atoms with Crippen molar-refractivity contribution in [3.63, 3.8) is 0 Å². The van der Waals surface area contributed by atoms with Gasteiger partial charge in [-0.1, -0.05) is 44.2 Å². The van der Waals surface area contributed by atoms with Crippen molar-refractivity contribution in [2.75, 3.05) is 40.3 Å². The van der Waals surface area contributed by atoms with Gasteiger partial charge < -0.3 is 25.8 Å². The Morgan fingerprint density at radius 3 is 2.23 bits per heavy atom. The van der Waals surface area contributed by atoms with Crippen molar-refractivity contribution >= 4 is 23.6 Å². The highest BCUT2D eigenvalue weighted by molar-refractivity contribution is 6.38. The van der Waals surface area contributed by atoms with E-state index in [1.807, 2.05) is 63.2 Å². The summed E-state index contributed by atoms with van der Waals surface area (Å²) in [7, 11) is 3.88. The first kappa shape index (κ1) is 28.3. The predicted molar refractivity (Wildman–Crippen MR) is 136 cm³/mol. The molecule has 0 aromatic heterocycles. The third kappa shape index (κ3) is 9.68. The van der Waals surface area contributed by atoms with Gasteiger partial charge in [-0.25, -0.2) is 4.79 Å². The van der Waals surface area contributed by atoms with Crippen LogP contribution in [0, 0.1) is 5.92 Å². The Bertz CT molecular complexity index is 837. The summed E-state index contributed by atoms with van der Waals surface area (Å²) in [5, 5.41) is 8.25. The Morgan fingerprint density at radius 2 is 1.63 bits per heavy atom. The minimum atomic E-state index is -1.04. The van der Waals surface area contributed by atoms with Gasteiger partial charge in [-0.15, -0.1) is 0 Å². The zero-order chi connectivity index (χ0) is 25.8. The summed E-state index contributed by atoms with van der Waals surface area (Å²) in [6.07, 6.45) is 3.88. The van der Waals surface area contributed by atoms with Gasteiger partial charge in [-0.05, 0) is 57.8 Å². The summed E-state index contributed by atoms with van der Waals surface area (Å²) < 4.78 is 0. The lowest BCUT2D eigenvalue weighted by molar-refractivity contribution is -0.140. The molecule has 0 unspecified atom stereocenters. The molecule has 1 heterocycles. The Labute approximate surface area is 209 Å². The van der Waals surface area contributed by atoms with Gasteiger partial charge in [0.05, 0.1) is 0 Å². The Morgan fingerprint density at radius 1 is 0.971 bits per heavy atom. The number of nitrogens with one attached hydrogen (secondary N) is 3. The molecule has 1 aliphatic rings. The fourth-order valence-electron chi connectivity index (χ4n) is 4.02. The van der Waals surface area contributed by atoms with Crippen molar-refractivity contribution in [3.05, 3.63) is 35.9 Å². The van der Waals surface area contributed by atoms with Gasteiger partial charge in [0.15, 0.2) is 0 Å². The first-order valence-corrected chi connectivity index (χ1v) is 12.6. The van der Waals surface area contributed by atoms with Crippen molar-refractivity contribution < 1.29 is 19.2 Å². The fourth-order valence-corrected chi connectivity index (χ4v) is 4.02. The molecule has 35 heavy (non-hydrogen) atoms. The van der Waals surface area contributed by atoms with Crippen molar-refractivity contribution in [3.8, 4) is 0 Å². The highest BCUT2D eigenvalue weighted by atomic mass is 16.2. The van der Waals surface area contributed by atoms with Gasteiger partial charge in [-0.3, -0.25) is 14.4 Å². The SMILES string of the molecule is CC(C)[C@H](NC(=O)N1CCCCC1)C(=O)N[C@@H](Cc1ccccc1)C(=O)C(=O)NCCCN(C)C. The molecule has 0 aliphatic carbocycles. The minimum absolute atomic E-state index is 0.182. The summed E-state index contributed by atoms with van der Waals surface area (Å²) in [5.41, 5.74) is 0.824. The van der Waals surface area contributed by atoms with Crippen LogP contribution in [0.25, 0.3) is 0 Å². The molecule has 1 aliphatic heterocycles. The summed E-state index contributed by atoms with van der Waals surface area (Å²) in [6, 6.07) is 7.11. The third-order valence-electron chi connectivity index (χ3n) is 6.08. The summed E-state index contributed by atoms with van der Waals surface area (Å²) in [6.45, 7) is 6.17. The number of likely N-dealkylation sites (tertiary alicyclic amines) is 1. The van der Waals surface area contributed by atoms with Gasteiger partial charge in [0.1, 0.15) is 12.1 Å². The van der Waals surface area contributed by atoms with Crippen LogP contribution in [0.5, 0.6) is 0 Å². The molecule has 3 N–H and O–H groups in total. The number of benzene rings is 1. The monoisotopic (exact) mass is 487 g/mol. The minimum Gasteiger partial charge on any atom is -0.349 e. The summed E-state index contributed by atoms with van der Waals surface area (Å²) in [5.74, 6) is -2.09. The van der Waals surface area contributed by atoms with Crippen molar-refractivity contribution in [2.45, 2.75) is 58.0 Å². The Kier molecular flexibility index (Phi) is 11.7. The van der Waals surface area contributed by atoms with E-state index in [1.165, 1.54) is 0 Å². The van der Waals surface area contributed by atoms with Gasteiger partial charge in [-0.2, -0.15) is 0 Å². The second-order valence-corrected chi connectivity index (χ2v) is 9.75. The van der Waals surface area contributed by atoms with E-state index in [0.29, 0.717) is 26.1 Å². The molecule has 2 atom stereocenters. The third-order valence-corrected chi connectivity index (χ3v) is 6.08. The molecule has 1 aromatic carbocycles. The Balaban J connectivity index is 2.08. The number of Topliss-reactive ketones (excluding diaryl/α,β-unsaturated/α-hetero) is 1. The molecule has 9 heteroatoms. The predicted octanol–water partition coefficient (Wildman–Crippen LogP) is 1.57. The van der Waals surface area contributed by atoms with E-state index in [-0.39, 0.29) is 18.4 Å². The number of ketones is 1. The number of rotatable bonds is 12. The van der Waals surface area contributed by atoms with Crippen LogP contribution in [-0.4, -0.2) is 85.8 Å². The Hall–Kier alpha value is -2.94. The number of carbonyl (C=O) groups is 4. The van der Waals surface area contributed by atoms with Crippen LogP contribution in [0.2, 0.25) is 0 Å². The van der Waals surface area contributed by atoms with E-state index in [9.17, 15) is 19.2 Å². The summed E-state index contributed by atoms with van der Waals surface area (Å²) >= 11 is 0. The fraction of sp³-hybridized carbons (Fsp3) is 0.615. The second-order valence-electron chi connectivity index (χ2n) is 9.75. The van der Waals surface area contributed by atoms with E-state index in [4.69, 9.17) is 0 Å². The first-order chi connectivity index (χ1) is 16.7. The molecule has 0 spiro atoms. The van der Waals surface area contributed by atoms with Gasteiger partial charge in [0, 0.05) is 26.1 Å². The van der Waals surface area contributed by atoms with Crippen molar-refractivity contribution in [2.24, 2.45) is 5.92 Å². The van der Waals surface area contributed by atoms with Crippen LogP contribution in [0.15, 0.2) is 30.3 Å².